The van der Waals surface area contributed by atoms with Crippen molar-refractivity contribution in [1.82, 2.24) is 16.0 Å². The molecule has 0 bridgehead atoms. The predicted molar refractivity (Wildman–Crippen MR) is 163 cm³/mol. The first kappa shape index (κ1) is 33.8. The average molecular weight is 581 g/mol. The lowest BCUT2D eigenvalue weighted by molar-refractivity contribution is -0.133. The summed E-state index contributed by atoms with van der Waals surface area (Å²) in [4.78, 5) is 55.9. The Labute approximate surface area is 247 Å². The molecule has 0 saturated carbocycles. The highest BCUT2D eigenvalue weighted by molar-refractivity contribution is 5.94. The Balaban J connectivity index is 2.16. The van der Waals surface area contributed by atoms with Crippen molar-refractivity contribution in [3.63, 3.8) is 0 Å². The molecular weight excluding hydrogens is 536 g/mol. The van der Waals surface area contributed by atoms with E-state index in [1.807, 2.05) is 74.5 Å². The number of hydrogen-bond donors (Lipinski definition) is 7. The third-order valence-corrected chi connectivity index (χ3v) is 6.50. The van der Waals surface area contributed by atoms with E-state index in [1.54, 1.807) is 0 Å². The number of primary amides is 1. The van der Waals surface area contributed by atoms with E-state index >= 15 is 0 Å². The molecule has 0 heterocycles. The molecule has 2 rings (SSSR count). The van der Waals surface area contributed by atoms with Crippen molar-refractivity contribution >= 4 is 29.6 Å². The zero-order valence-electron chi connectivity index (χ0n) is 24.3. The highest BCUT2D eigenvalue weighted by Gasteiger charge is 2.30. The zero-order chi connectivity index (χ0) is 31.1. The van der Waals surface area contributed by atoms with Crippen LogP contribution in [0, 0.1) is 5.92 Å². The monoisotopic (exact) mass is 580 g/mol. The first-order valence-corrected chi connectivity index (χ1v) is 14.1. The zero-order valence-corrected chi connectivity index (χ0v) is 24.3. The molecule has 11 N–H and O–H groups in total. The lowest BCUT2D eigenvalue weighted by Crippen LogP contribution is -2.58. The van der Waals surface area contributed by atoms with E-state index in [-0.39, 0.29) is 31.3 Å². The van der Waals surface area contributed by atoms with Crippen LogP contribution in [0.25, 0.3) is 0 Å². The van der Waals surface area contributed by atoms with Gasteiger partial charge in [0.05, 0.1) is 6.04 Å². The highest BCUT2D eigenvalue weighted by atomic mass is 16.2. The van der Waals surface area contributed by atoms with Crippen LogP contribution in [0.5, 0.6) is 0 Å². The highest BCUT2D eigenvalue weighted by Crippen LogP contribution is 2.10. The normalized spacial score (nSPS) is 13.7. The van der Waals surface area contributed by atoms with Crippen LogP contribution in [0.1, 0.15) is 44.2 Å². The van der Waals surface area contributed by atoms with Crippen molar-refractivity contribution < 1.29 is 19.2 Å². The largest absolute Gasteiger partial charge is 0.370 e. The van der Waals surface area contributed by atoms with Crippen LogP contribution >= 0.6 is 0 Å². The van der Waals surface area contributed by atoms with Gasteiger partial charge in [-0.2, -0.15) is 0 Å². The molecule has 4 atom stereocenters. The summed E-state index contributed by atoms with van der Waals surface area (Å²) in [5.41, 5.74) is 24.2. The lowest BCUT2D eigenvalue weighted by atomic mass is 10.0. The predicted octanol–water partition coefficient (Wildman–Crippen LogP) is -0.161. The van der Waals surface area contributed by atoms with Crippen LogP contribution in [-0.2, 0) is 32.0 Å². The Morgan fingerprint density at radius 1 is 0.714 bits per heavy atom. The van der Waals surface area contributed by atoms with Crippen molar-refractivity contribution in [3.05, 3.63) is 71.8 Å². The molecule has 12 nitrogen and oxygen atoms in total. The summed E-state index contributed by atoms with van der Waals surface area (Å²) in [6.07, 6.45) is 1.33. The fourth-order valence-electron chi connectivity index (χ4n) is 4.33. The van der Waals surface area contributed by atoms with Gasteiger partial charge in [-0.15, -0.1) is 0 Å². The quantitative estimate of drug-likeness (QED) is 0.0760. The summed E-state index contributed by atoms with van der Waals surface area (Å²) in [5.74, 6) is -2.39. The summed E-state index contributed by atoms with van der Waals surface area (Å²) in [7, 11) is 0. The number of nitrogens with one attached hydrogen (secondary N) is 3. The number of rotatable bonds is 17. The maximum atomic E-state index is 13.5. The van der Waals surface area contributed by atoms with Gasteiger partial charge in [0.2, 0.25) is 23.6 Å². The number of aliphatic imine (C=N–C) groups is 1. The smallest absolute Gasteiger partial charge is 0.243 e. The average Bonchev–Trinajstić information content (AvgIpc) is 2.94. The Kier molecular flexibility index (Phi) is 14.0. The second kappa shape index (κ2) is 17.4. The molecule has 2 aromatic carbocycles. The molecule has 12 heteroatoms. The molecule has 0 saturated heterocycles. The van der Waals surface area contributed by atoms with E-state index in [2.05, 4.69) is 20.9 Å². The van der Waals surface area contributed by atoms with Gasteiger partial charge in [-0.25, -0.2) is 0 Å². The summed E-state index contributed by atoms with van der Waals surface area (Å²) in [5, 5.41) is 8.16. The molecular formula is C30H44N8O4. The Hall–Kier alpha value is -4.45. The van der Waals surface area contributed by atoms with Crippen LogP contribution in [0.3, 0.4) is 0 Å². The second-order valence-corrected chi connectivity index (χ2v) is 10.7. The van der Waals surface area contributed by atoms with E-state index < -0.39 is 47.8 Å². The number of guanidine groups is 1. The van der Waals surface area contributed by atoms with E-state index in [0.29, 0.717) is 19.3 Å². The molecule has 2 aromatic rings. The molecule has 0 aliphatic carbocycles. The van der Waals surface area contributed by atoms with Crippen molar-refractivity contribution in [2.24, 2.45) is 33.8 Å². The van der Waals surface area contributed by atoms with Gasteiger partial charge in [0.1, 0.15) is 18.1 Å². The third-order valence-electron chi connectivity index (χ3n) is 6.50. The van der Waals surface area contributed by atoms with Gasteiger partial charge in [0, 0.05) is 13.0 Å². The number of nitrogens with two attached hydrogens (primary N) is 4. The van der Waals surface area contributed by atoms with Crippen molar-refractivity contribution in [3.8, 4) is 0 Å². The standard InChI is InChI=1S/C30H44N8O4/c1-19(2)16-25(38-27(40)22(31)17-20-10-5-3-6-11-20)29(42)36-23(14-9-15-35-30(33)34)28(41)37-24(26(32)39)18-21-12-7-4-8-13-21/h3-8,10-13,19,22-25H,9,14-18,31H2,1-2H3,(H2,32,39)(H,36,42)(H,37,41)(H,38,40)(H4,33,34,35)/t22-,23+,24+,25+/m1/s1. The van der Waals surface area contributed by atoms with Gasteiger partial charge in [-0.1, -0.05) is 74.5 Å². The fourth-order valence-corrected chi connectivity index (χ4v) is 4.33. The maximum absolute atomic E-state index is 13.5. The van der Waals surface area contributed by atoms with Gasteiger partial charge in [-0.05, 0) is 42.7 Å². The van der Waals surface area contributed by atoms with Gasteiger partial charge in [0.15, 0.2) is 5.96 Å². The fraction of sp³-hybridized carbons (Fsp3) is 0.433. The number of hydrogen-bond acceptors (Lipinski definition) is 6. The Morgan fingerprint density at radius 2 is 1.21 bits per heavy atom. The van der Waals surface area contributed by atoms with E-state index in [4.69, 9.17) is 22.9 Å². The second-order valence-electron chi connectivity index (χ2n) is 10.7. The first-order chi connectivity index (χ1) is 20.0. The van der Waals surface area contributed by atoms with Crippen molar-refractivity contribution in [2.45, 2.75) is 70.1 Å². The van der Waals surface area contributed by atoms with Gasteiger partial charge >= 0.3 is 0 Å². The number of carbonyl (C=O) groups excluding carboxylic acids is 4. The van der Waals surface area contributed by atoms with Gasteiger partial charge in [0.25, 0.3) is 0 Å². The summed E-state index contributed by atoms with van der Waals surface area (Å²) >= 11 is 0. The molecule has 228 valence electrons. The summed E-state index contributed by atoms with van der Waals surface area (Å²) < 4.78 is 0. The number of nitrogens with zero attached hydrogens (tertiary/aromatic N) is 1. The van der Waals surface area contributed by atoms with Crippen LogP contribution in [0.4, 0.5) is 0 Å². The van der Waals surface area contributed by atoms with Crippen molar-refractivity contribution in [1.29, 1.82) is 0 Å². The molecule has 4 amide bonds. The minimum absolute atomic E-state index is 0.0469. The van der Waals surface area contributed by atoms with Crippen LogP contribution < -0.4 is 38.9 Å². The minimum atomic E-state index is -1.05. The van der Waals surface area contributed by atoms with Gasteiger partial charge in [-0.3, -0.25) is 24.2 Å². The molecule has 0 radical (unpaired) electrons. The van der Waals surface area contributed by atoms with Gasteiger partial charge < -0.3 is 38.9 Å². The van der Waals surface area contributed by atoms with Crippen LogP contribution in [0.2, 0.25) is 0 Å². The van der Waals surface area contributed by atoms with Crippen molar-refractivity contribution in [2.75, 3.05) is 6.54 Å². The Morgan fingerprint density at radius 3 is 1.74 bits per heavy atom. The van der Waals surface area contributed by atoms with Crippen LogP contribution in [-0.4, -0.2) is 60.3 Å². The molecule has 0 aromatic heterocycles. The molecule has 0 spiro atoms. The molecule has 0 unspecified atom stereocenters. The SMILES string of the molecule is CC(C)C[C@H](NC(=O)[C@H](N)Cc1ccccc1)C(=O)N[C@@H](CCCN=C(N)N)C(=O)N[C@@H](Cc1ccccc1)C(N)=O. The van der Waals surface area contributed by atoms with Crippen LogP contribution in [0.15, 0.2) is 65.7 Å². The molecule has 0 fully saturated rings. The minimum Gasteiger partial charge on any atom is -0.370 e. The van der Waals surface area contributed by atoms with E-state index in [0.717, 1.165) is 11.1 Å². The summed E-state index contributed by atoms with van der Waals surface area (Å²) in [6.45, 7) is 4.05. The number of benzene rings is 2. The molecule has 0 aliphatic rings. The number of carbonyl (C=O) groups is 4. The van der Waals surface area contributed by atoms with E-state index in [1.165, 1.54) is 0 Å². The van der Waals surface area contributed by atoms with E-state index in [9.17, 15) is 19.2 Å². The third kappa shape index (κ3) is 12.4. The lowest BCUT2D eigenvalue weighted by Gasteiger charge is -2.26. The first-order valence-electron chi connectivity index (χ1n) is 14.1. The topological polar surface area (TPSA) is 221 Å². The molecule has 0 aliphatic heterocycles. The summed E-state index contributed by atoms with van der Waals surface area (Å²) in [6, 6.07) is 14.6. The molecule has 42 heavy (non-hydrogen) atoms. The maximum Gasteiger partial charge on any atom is 0.243 e. The Bertz CT molecular complexity index is 1190. The number of amides is 4.